The summed E-state index contributed by atoms with van der Waals surface area (Å²) in [6, 6.07) is 4.81. The maximum Gasteiger partial charge on any atom is 0.256 e. The highest BCUT2D eigenvalue weighted by Crippen LogP contribution is 2.15. The number of hydrogen-bond donors (Lipinski definition) is 1. The number of carbonyl (C=O) groups is 1. The van der Waals surface area contributed by atoms with Gasteiger partial charge in [-0.15, -0.1) is 0 Å². The number of aryl methyl sites for hydroxylation is 1. The first kappa shape index (κ1) is 15.6. The number of hydrogen-bond acceptors (Lipinski definition) is 2. The molecule has 1 aromatic rings. The van der Waals surface area contributed by atoms with E-state index in [1.807, 2.05) is 13.8 Å². The molecule has 1 unspecified atom stereocenters. The van der Waals surface area contributed by atoms with Crippen LogP contribution in [0.2, 0.25) is 0 Å². The van der Waals surface area contributed by atoms with Crippen molar-refractivity contribution in [3.8, 4) is 0 Å². The van der Waals surface area contributed by atoms with E-state index in [9.17, 15) is 9.18 Å². The number of rotatable bonds is 5. The van der Waals surface area contributed by atoms with Crippen LogP contribution in [-0.4, -0.2) is 28.9 Å². The quantitative estimate of drug-likeness (QED) is 0.844. The molecule has 0 saturated carbocycles. The lowest BCUT2D eigenvalue weighted by Gasteiger charge is -2.24. The van der Waals surface area contributed by atoms with Crippen LogP contribution in [0.3, 0.4) is 0 Å². The van der Waals surface area contributed by atoms with Crippen LogP contribution in [0.5, 0.6) is 0 Å². The Labute approximate surface area is 118 Å². The molecule has 0 fully saturated rings. The summed E-state index contributed by atoms with van der Waals surface area (Å²) in [6.45, 7) is 6.22. The molecule has 104 valence electrons. The first-order valence-electron chi connectivity index (χ1n) is 6.22. The van der Waals surface area contributed by atoms with Crippen molar-refractivity contribution >= 4 is 23.1 Å². The van der Waals surface area contributed by atoms with E-state index < -0.39 is 5.82 Å². The van der Waals surface area contributed by atoms with Crippen molar-refractivity contribution in [3.05, 3.63) is 35.1 Å². The van der Waals surface area contributed by atoms with Crippen LogP contribution in [0.1, 0.15) is 29.8 Å². The summed E-state index contributed by atoms with van der Waals surface area (Å²) in [5.74, 6) is -0.882. The van der Waals surface area contributed by atoms with E-state index in [1.165, 1.54) is 6.07 Å². The number of thiocarbonyl (C=S) groups is 1. The minimum absolute atomic E-state index is 0.0910. The van der Waals surface area contributed by atoms with Crippen molar-refractivity contribution in [2.75, 3.05) is 13.1 Å². The fraction of sp³-hybridized carbons (Fsp3) is 0.429. The summed E-state index contributed by atoms with van der Waals surface area (Å²) in [6.07, 6.45) is 0. The highest BCUT2D eigenvalue weighted by Gasteiger charge is 2.21. The molecule has 0 heterocycles. The third-order valence-corrected chi connectivity index (χ3v) is 3.47. The van der Waals surface area contributed by atoms with Crippen molar-refractivity contribution in [3.63, 3.8) is 0 Å². The van der Waals surface area contributed by atoms with E-state index in [2.05, 4.69) is 0 Å². The van der Waals surface area contributed by atoms with Gasteiger partial charge in [0.05, 0.1) is 10.6 Å². The van der Waals surface area contributed by atoms with Gasteiger partial charge in [-0.2, -0.15) is 0 Å². The molecule has 0 aliphatic rings. The Kier molecular flexibility index (Phi) is 5.42. The van der Waals surface area contributed by atoms with E-state index in [0.717, 1.165) is 0 Å². The first-order valence-corrected chi connectivity index (χ1v) is 6.63. The zero-order valence-electron chi connectivity index (χ0n) is 11.4. The number of carbonyl (C=O) groups excluding carboxylic acids is 1. The van der Waals surface area contributed by atoms with Gasteiger partial charge in [0.2, 0.25) is 0 Å². The minimum atomic E-state index is -0.464. The van der Waals surface area contributed by atoms with E-state index in [-0.39, 0.29) is 17.4 Å². The van der Waals surface area contributed by atoms with Crippen molar-refractivity contribution < 1.29 is 9.18 Å². The molecule has 0 aliphatic heterocycles. The van der Waals surface area contributed by atoms with Crippen molar-refractivity contribution in [2.24, 2.45) is 11.7 Å². The zero-order valence-corrected chi connectivity index (χ0v) is 12.3. The zero-order chi connectivity index (χ0) is 14.6. The van der Waals surface area contributed by atoms with Crippen molar-refractivity contribution in [1.82, 2.24) is 4.90 Å². The molecular weight excluding hydrogens is 263 g/mol. The van der Waals surface area contributed by atoms with Gasteiger partial charge in [0, 0.05) is 19.0 Å². The Morgan fingerprint density at radius 1 is 1.53 bits per heavy atom. The highest BCUT2D eigenvalue weighted by atomic mass is 32.1. The first-order chi connectivity index (χ1) is 8.88. The van der Waals surface area contributed by atoms with Gasteiger partial charge in [-0.1, -0.05) is 31.3 Å². The van der Waals surface area contributed by atoms with Gasteiger partial charge < -0.3 is 10.6 Å². The average molecular weight is 282 g/mol. The third-order valence-electron chi connectivity index (χ3n) is 3.07. The van der Waals surface area contributed by atoms with E-state index in [4.69, 9.17) is 18.0 Å². The lowest BCUT2D eigenvalue weighted by molar-refractivity contribution is 0.0750. The van der Waals surface area contributed by atoms with E-state index in [1.54, 1.807) is 24.0 Å². The molecule has 19 heavy (non-hydrogen) atoms. The highest BCUT2D eigenvalue weighted by molar-refractivity contribution is 7.80. The van der Waals surface area contributed by atoms with E-state index in [0.29, 0.717) is 23.6 Å². The van der Waals surface area contributed by atoms with Crippen LogP contribution in [0, 0.1) is 18.7 Å². The maximum absolute atomic E-state index is 13.9. The summed E-state index contributed by atoms with van der Waals surface area (Å²) in [5, 5.41) is 0. The maximum atomic E-state index is 13.9. The Hall–Kier alpha value is -1.49. The topological polar surface area (TPSA) is 46.3 Å². The Morgan fingerprint density at radius 3 is 2.68 bits per heavy atom. The number of amides is 1. The molecule has 0 spiro atoms. The molecule has 0 aromatic heterocycles. The monoisotopic (exact) mass is 282 g/mol. The number of nitrogens with two attached hydrogens (primary N) is 1. The second-order valence-corrected chi connectivity index (χ2v) is 5.06. The molecule has 0 bridgehead atoms. The van der Waals surface area contributed by atoms with Crippen molar-refractivity contribution in [1.29, 1.82) is 0 Å². The molecule has 1 aromatic carbocycles. The Morgan fingerprint density at radius 2 is 2.16 bits per heavy atom. The van der Waals surface area contributed by atoms with Crippen LogP contribution in [-0.2, 0) is 0 Å². The number of benzene rings is 1. The lowest BCUT2D eigenvalue weighted by Crippen LogP contribution is -2.38. The van der Waals surface area contributed by atoms with Crippen LogP contribution in [0.25, 0.3) is 0 Å². The summed E-state index contributed by atoms with van der Waals surface area (Å²) in [5.41, 5.74) is 6.11. The molecule has 0 radical (unpaired) electrons. The Balaban J connectivity index is 2.96. The molecule has 5 heteroatoms. The number of halogens is 1. The summed E-state index contributed by atoms with van der Waals surface area (Å²) < 4.78 is 13.9. The molecule has 0 aliphatic carbocycles. The predicted octanol–water partition coefficient (Wildman–Crippen LogP) is 2.52. The van der Waals surface area contributed by atoms with Crippen LogP contribution >= 0.6 is 12.2 Å². The fourth-order valence-electron chi connectivity index (χ4n) is 1.76. The molecule has 1 amide bonds. The second-order valence-electron chi connectivity index (χ2n) is 4.58. The van der Waals surface area contributed by atoms with Gasteiger partial charge in [-0.3, -0.25) is 4.79 Å². The van der Waals surface area contributed by atoms with Crippen LogP contribution in [0.15, 0.2) is 18.2 Å². The molecule has 2 N–H and O–H groups in total. The molecular formula is C14H19FN2OS. The second kappa shape index (κ2) is 6.61. The summed E-state index contributed by atoms with van der Waals surface area (Å²) in [7, 11) is 0. The standard InChI is InChI=1S/C14H19FN2OS/c1-4-17(8-10(3)13(16)19)14(18)11-7-5-6-9(2)12(11)15/h5-7,10H,4,8H2,1-3H3,(H2,16,19). The molecule has 3 nitrogen and oxygen atoms in total. The van der Waals surface area contributed by atoms with Crippen LogP contribution < -0.4 is 5.73 Å². The normalized spacial score (nSPS) is 12.0. The van der Waals surface area contributed by atoms with Gasteiger partial charge in [0.25, 0.3) is 5.91 Å². The van der Waals surface area contributed by atoms with Crippen molar-refractivity contribution in [2.45, 2.75) is 20.8 Å². The third kappa shape index (κ3) is 3.73. The predicted molar refractivity (Wildman–Crippen MR) is 78.7 cm³/mol. The molecule has 1 atom stereocenters. The molecule has 1 rings (SSSR count). The van der Waals surface area contributed by atoms with Crippen LogP contribution in [0.4, 0.5) is 4.39 Å². The average Bonchev–Trinajstić information content (AvgIpc) is 2.38. The molecule has 0 saturated heterocycles. The SMILES string of the molecule is CCN(CC(C)C(N)=S)C(=O)c1cccc(C)c1F. The van der Waals surface area contributed by atoms with Gasteiger partial charge >= 0.3 is 0 Å². The fourth-order valence-corrected chi connectivity index (χ4v) is 1.83. The number of nitrogens with zero attached hydrogens (tertiary/aromatic N) is 1. The van der Waals surface area contributed by atoms with E-state index >= 15 is 0 Å². The summed E-state index contributed by atoms with van der Waals surface area (Å²) in [4.78, 5) is 14.2. The largest absolute Gasteiger partial charge is 0.393 e. The van der Waals surface area contributed by atoms with Gasteiger partial charge in [-0.25, -0.2) is 4.39 Å². The minimum Gasteiger partial charge on any atom is -0.393 e. The lowest BCUT2D eigenvalue weighted by atomic mass is 10.1. The Bertz CT molecular complexity index is 490. The van der Waals surface area contributed by atoms with Gasteiger partial charge in [-0.05, 0) is 25.5 Å². The van der Waals surface area contributed by atoms with Gasteiger partial charge in [0.15, 0.2) is 0 Å². The van der Waals surface area contributed by atoms with Gasteiger partial charge in [0.1, 0.15) is 5.82 Å². The summed E-state index contributed by atoms with van der Waals surface area (Å²) >= 11 is 4.90. The smallest absolute Gasteiger partial charge is 0.256 e.